The molecule has 0 unspecified atom stereocenters. The summed E-state index contributed by atoms with van der Waals surface area (Å²) in [6, 6.07) is 11.2. The van der Waals surface area contributed by atoms with Crippen molar-refractivity contribution in [3.8, 4) is 11.3 Å². The molecule has 0 amide bonds. The van der Waals surface area contributed by atoms with Crippen LogP contribution in [0.2, 0.25) is 0 Å². The molecule has 5 heteroatoms. The van der Waals surface area contributed by atoms with Gasteiger partial charge in [-0.25, -0.2) is 4.79 Å². The minimum absolute atomic E-state index is 0.144. The molecule has 94 valence electrons. The Hall–Kier alpha value is -2.69. The molecule has 0 aliphatic rings. The van der Waals surface area contributed by atoms with Gasteiger partial charge in [-0.05, 0) is 12.1 Å². The van der Waals surface area contributed by atoms with E-state index < -0.39 is 5.97 Å². The lowest BCUT2D eigenvalue weighted by Crippen LogP contribution is -2.00. The van der Waals surface area contributed by atoms with Crippen molar-refractivity contribution >= 4 is 16.9 Å². The third-order valence-corrected chi connectivity index (χ3v) is 2.78. The maximum atomic E-state index is 11.3. The van der Waals surface area contributed by atoms with Gasteiger partial charge in [-0.1, -0.05) is 23.4 Å². The Morgan fingerprint density at radius 3 is 2.95 bits per heavy atom. The van der Waals surface area contributed by atoms with Crippen LogP contribution >= 0.6 is 0 Å². The van der Waals surface area contributed by atoms with E-state index in [1.165, 1.54) is 13.2 Å². The van der Waals surface area contributed by atoms with Gasteiger partial charge in [0.15, 0.2) is 11.5 Å². The number of carbonyl (C=O) groups excluding carboxylic acids is 1. The molecule has 0 radical (unpaired) electrons. The summed E-state index contributed by atoms with van der Waals surface area (Å²) < 4.78 is 9.71. The number of hydrogen-bond donors (Lipinski definition) is 0. The molecule has 2 aromatic heterocycles. The SMILES string of the molecule is COC(=O)c1cc(-c2cnc3ccccc3c2)on1. The lowest BCUT2D eigenvalue weighted by Gasteiger charge is -1.98. The Kier molecular flexibility index (Phi) is 2.72. The molecule has 0 saturated heterocycles. The highest BCUT2D eigenvalue weighted by Crippen LogP contribution is 2.23. The summed E-state index contributed by atoms with van der Waals surface area (Å²) in [4.78, 5) is 15.6. The molecule has 0 aliphatic heterocycles. The Bertz CT molecular complexity index is 749. The zero-order valence-corrected chi connectivity index (χ0v) is 10.2. The molecule has 19 heavy (non-hydrogen) atoms. The van der Waals surface area contributed by atoms with E-state index in [-0.39, 0.29) is 5.69 Å². The minimum atomic E-state index is -0.524. The van der Waals surface area contributed by atoms with E-state index in [1.807, 2.05) is 30.3 Å². The van der Waals surface area contributed by atoms with Crippen molar-refractivity contribution in [3.63, 3.8) is 0 Å². The molecule has 0 bridgehead atoms. The monoisotopic (exact) mass is 254 g/mol. The first-order valence-corrected chi connectivity index (χ1v) is 5.68. The fourth-order valence-corrected chi connectivity index (χ4v) is 1.82. The predicted octanol–water partition coefficient (Wildman–Crippen LogP) is 2.68. The Labute approximate surface area is 108 Å². The van der Waals surface area contributed by atoms with Crippen molar-refractivity contribution in [2.75, 3.05) is 7.11 Å². The summed E-state index contributed by atoms with van der Waals surface area (Å²) in [5, 5.41) is 4.66. The third-order valence-electron chi connectivity index (χ3n) is 2.78. The Balaban J connectivity index is 2.04. The number of rotatable bonds is 2. The first-order chi connectivity index (χ1) is 9.28. The number of hydrogen-bond acceptors (Lipinski definition) is 5. The van der Waals surface area contributed by atoms with Crippen LogP contribution in [0.25, 0.3) is 22.2 Å². The van der Waals surface area contributed by atoms with Crippen molar-refractivity contribution in [1.82, 2.24) is 10.1 Å². The minimum Gasteiger partial charge on any atom is -0.464 e. The highest BCUT2D eigenvalue weighted by molar-refractivity contribution is 5.89. The molecule has 0 aliphatic carbocycles. The quantitative estimate of drug-likeness (QED) is 0.658. The van der Waals surface area contributed by atoms with Gasteiger partial charge in [0, 0.05) is 23.2 Å². The van der Waals surface area contributed by atoms with Crippen molar-refractivity contribution in [1.29, 1.82) is 0 Å². The van der Waals surface area contributed by atoms with Gasteiger partial charge >= 0.3 is 5.97 Å². The standard InChI is InChI=1S/C14H10N2O3/c1-18-14(17)12-7-13(19-16-12)10-6-9-4-2-3-5-11(9)15-8-10/h2-8H,1H3. The number of fused-ring (bicyclic) bond motifs is 1. The number of pyridine rings is 1. The van der Waals surface area contributed by atoms with Crippen LogP contribution in [-0.4, -0.2) is 23.2 Å². The van der Waals surface area contributed by atoms with Crippen LogP contribution in [0, 0.1) is 0 Å². The number of nitrogens with zero attached hydrogens (tertiary/aromatic N) is 2. The molecule has 0 spiro atoms. The van der Waals surface area contributed by atoms with E-state index in [4.69, 9.17) is 4.52 Å². The van der Waals surface area contributed by atoms with Crippen LogP contribution in [0.15, 0.2) is 47.1 Å². The molecule has 1 aromatic carbocycles. The molecule has 0 N–H and O–H groups in total. The molecule has 0 saturated carbocycles. The van der Waals surface area contributed by atoms with Gasteiger partial charge in [0.2, 0.25) is 0 Å². The third kappa shape index (κ3) is 2.06. The zero-order chi connectivity index (χ0) is 13.2. The van der Waals surface area contributed by atoms with Crippen molar-refractivity contribution < 1.29 is 14.1 Å². The summed E-state index contributed by atoms with van der Waals surface area (Å²) in [6.07, 6.45) is 1.68. The summed E-state index contributed by atoms with van der Waals surface area (Å²) in [7, 11) is 1.30. The average Bonchev–Trinajstić information content (AvgIpc) is 2.95. The lowest BCUT2D eigenvalue weighted by molar-refractivity contribution is 0.0589. The molecule has 0 atom stereocenters. The second kappa shape index (κ2) is 4.53. The fourth-order valence-electron chi connectivity index (χ4n) is 1.82. The molecular weight excluding hydrogens is 244 g/mol. The number of methoxy groups -OCH3 is 1. The van der Waals surface area contributed by atoms with E-state index in [2.05, 4.69) is 14.9 Å². The van der Waals surface area contributed by atoms with Crippen molar-refractivity contribution in [2.24, 2.45) is 0 Å². The Morgan fingerprint density at radius 2 is 2.11 bits per heavy atom. The van der Waals surface area contributed by atoms with Gasteiger partial charge in [-0.3, -0.25) is 4.98 Å². The predicted molar refractivity (Wildman–Crippen MR) is 68.6 cm³/mol. The maximum absolute atomic E-state index is 11.3. The van der Waals surface area contributed by atoms with E-state index in [0.717, 1.165) is 16.5 Å². The largest absolute Gasteiger partial charge is 0.464 e. The van der Waals surface area contributed by atoms with Crippen LogP contribution in [0.1, 0.15) is 10.5 Å². The van der Waals surface area contributed by atoms with E-state index >= 15 is 0 Å². The summed E-state index contributed by atoms with van der Waals surface area (Å²) in [5.74, 6) is -0.0394. The van der Waals surface area contributed by atoms with Crippen molar-refractivity contribution in [2.45, 2.75) is 0 Å². The van der Waals surface area contributed by atoms with Gasteiger partial charge in [0.25, 0.3) is 0 Å². The first kappa shape index (κ1) is 11.4. The van der Waals surface area contributed by atoms with Gasteiger partial charge in [-0.15, -0.1) is 0 Å². The number of benzene rings is 1. The number of esters is 1. The van der Waals surface area contributed by atoms with Gasteiger partial charge < -0.3 is 9.26 Å². The van der Waals surface area contributed by atoms with Crippen LogP contribution in [-0.2, 0) is 4.74 Å². The number of carbonyl (C=O) groups is 1. The van der Waals surface area contributed by atoms with Gasteiger partial charge in [0.1, 0.15) is 0 Å². The zero-order valence-electron chi connectivity index (χ0n) is 10.2. The van der Waals surface area contributed by atoms with Crippen molar-refractivity contribution in [3.05, 3.63) is 48.3 Å². The molecule has 3 rings (SSSR count). The second-order valence-electron chi connectivity index (χ2n) is 3.98. The van der Waals surface area contributed by atoms with Gasteiger partial charge in [-0.2, -0.15) is 0 Å². The van der Waals surface area contributed by atoms with Crippen LogP contribution in [0.3, 0.4) is 0 Å². The average molecular weight is 254 g/mol. The highest BCUT2D eigenvalue weighted by Gasteiger charge is 2.14. The lowest BCUT2D eigenvalue weighted by atomic mass is 10.1. The summed E-state index contributed by atoms with van der Waals surface area (Å²) >= 11 is 0. The smallest absolute Gasteiger partial charge is 0.360 e. The number of para-hydroxylation sites is 1. The van der Waals surface area contributed by atoms with Gasteiger partial charge in [0.05, 0.1) is 12.6 Å². The second-order valence-corrected chi connectivity index (χ2v) is 3.98. The van der Waals surface area contributed by atoms with E-state index in [0.29, 0.717) is 5.76 Å². The van der Waals surface area contributed by atoms with E-state index in [1.54, 1.807) is 6.20 Å². The summed E-state index contributed by atoms with van der Waals surface area (Å²) in [6.45, 7) is 0. The summed E-state index contributed by atoms with van der Waals surface area (Å²) in [5.41, 5.74) is 1.81. The van der Waals surface area contributed by atoms with E-state index in [9.17, 15) is 4.79 Å². The fraction of sp³-hybridized carbons (Fsp3) is 0.0714. The highest BCUT2D eigenvalue weighted by atomic mass is 16.5. The van der Waals surface area contributed by atoms with Crippen LogP contribution in [0.5, 0.6) is 0 Å². The topological polar surface area (TPSA) is 65.2 Å². The normalized spacial score (nSPS) is 10.6. The molecule has 2 heterocycles. The Morgan fingerprint density at radius 1 is 1.26 bits per heavy atom. The first-order valence-electron chi connectivity index (χ1n) is 5.68. The maximum Gasteiger partial charge on any atom is 0.360 e. The molecule has 5 nitrogen and oxygen atoms in total. The molecular formula is C14H10N2O3. The van der Waals surface area contributed by atoms with Crippen LogP contribution in [0.4, 0.5) is 0 Å². The molecule has 3 aromatic rings. The van der Waals surface area contributed by atoms with Crippen LogP contribution < -0.4 is 0 Å². The number of aromatic nitrogens is 2. The number of ether oxygens (including phenoxy) is 1. The molecule has 0 fully saturated rings.